The van der Waals surface area contributed by atoms with Crippen LogP contribution in [0.1, 0.15) is 95.9 Å². The van der Waals surface area contributed by atoms with E-state index in [2.05, 4.69) is 16.9 Å². The third-order valence-corrected chi connectivity index (χ3v) is 8.17. The van der Waals surface area contributed by atoms with Crippen LogP contribution < -0.4 is 0 Å². The topological polar surface area (TPSA) is 137 Å². The van der Waals surface area contributed by atoms with E-state index >= 15 is 0 Å². The van der Waals surface area contributed by atoms with Crippen LogP contribution in [0.15, 0.2) is 17.0 Å². The van der Waals surface area contributed by atoms with E-state index in [4.69, 9.17) is 0 Å². The van der Waals surface area contributed by atoms with Crippen LogP contribution in [0, 0.1) is 0 Å². The molecule has 0 aliphatic carbocycles. The van der Waals surface area contributed by atoms with Gasteiger partial charge < -0.3 is 4.98 Å². The van der Waals surface area contributed by atoms with Gasteiger partial charge in [0.1, 0.15) is 5.82 Å². The first-order chi connectivity index (χ1) is 15.5. The maximum Gasteiger partial charge on any atom is 0.294 e. The quantitative estimate of drug-likeness (QED) is 0.153. The van der Waals surface area contributed by atoms with Gasteiger partial charge in [-0.1, -0.05) is 64.7 Å². The summed E-state index contributed by atoms with van der Waals surface area (Å²) in [4.78, 5) is 7.49. The first-order valence-electron chi connectivity index (χ1n) is 12.0. The molecule has 2 aromatic rings. The summed E-state index contributed by atoms with van der Waals surface area (Å²) < 4.78 is 64.7. The Bertz CT molecular complexity index is 1100. The second kappa shape index (κ2) is 15.4. The molecule has 3 N–H and O–H groups in total. The van der Waals surface area contributed by atoms with Gasteiger partial charge in [0.25, 0.3) is 20.2 Å². The molecule has 1 aromatic heterocycles. The summed E-state index contributed by atoms with van der Waals surface area (Å²) in [6.45, 7) is 3.61. The number of benzene rings is 1. The molecule has 1 aromatic carbocycles. The van der Waals surface area contributed by atoms with Gasteiger partial charge in [-0.2, -0.15) is 16.8 Å². The van der Waals surface area contributed by atoms with Crippen molar-refractivity contribution in [1.82, 2.24) is 9.97 Å². The molecular weight excluding hydrogens is 503 g/mol. The molecule has 1 atom stereocenters. The summed E-state index contributed by atoms with van der Waals surface area (Å²) in [5.41, 5.74) is 1.56. The van der Waals surface area contributed by atoms with Crippen LogP contribution in [0.4, 0.5) is 0 Å². The number of hydrogen-bond acceptors (Lipinski definition) is 5. The molecule has 0 amide bonds. The van der Waals surface area contributed by atoms with Gasteiger partial charge in [0.2, 0.25) is 0 Å². The Morgan fingerprint density at radius 2 is 1.44 bits per heavy atom. The minimum absolute atomic E-state index is 0. The fourth-order valence-electron chi connectivity index (χ4n) is 3.96. The minimum atomic E-state index is -4.43. The van der Waals surface area contributed by atoms with Crippen LogP contribution in [0.3, 0.4) is 0 Å². The van der Waals surface area contributed by atoms with E-state index in [0.717, 1.165) is 25.1 Å². The van der Waals surface area contributed by atoms with Crippen LogP contribution in [0.2, 0.25) is 0 Å². The molecule has 1 heterocycles. The van der Waals surface area contributed by atoms with E-state index in [9.17, 15) is 25.9 Å². The van der Waals surface area contributed by atoms with Crippen LogP contribution in [-0.4, -0.2) is 92.5 Å². The molecular formula is C23H38KN2O6S2. The van der Waals surface area contributed by atoms with Crippen LogP contribution in [-0.2, 0) is 33.1 Å². The molecule has 34 heavy (non-hydrogen) atoms. The molecule has 0 aliphatic rings. The van der Waals surface area contributed by atoms with E-state index in [0.29, 0.717) is 16.6 Å². The minimum Gasteiger partial charge on any atom is -0.342 e. The number of rotatable bonds is 16. The molecule has 11 heteroatoms. The second-order valence-corrected chi connectivity index (χ2v) is 12.2. The average Bonchev–Trinajstić information content (AvgIpc) is 3.14. The normalized spacial score (nSPS) is 13.2. The Hall–Kier alpha value is 0.146. The zero-order chi connectivity index (χ0) is 24.5. The number of unbranched alkanes of at least 4 members (excludes halogenated alkanes) is 9. The Morgan fingerprint density at radius 1 is 0.882 bits per heavy atom. The van der Waals surface area contributed by atoms with Crippen molar-refractivity contribution in [3.63, 3.8) is 0 Å². The van der Waals surface area contributed by atoms with Crippen LogP contribution >= 0.6 is 0 Å². The third kappa shape index (κ3) is 11.0. The molecule has 189 valence electrons. The average molecular weight is 542 g/mol. The van der Waals surface area contributed by atoms with Crippen LogP contribution in [0.25, 0.3) is 11.0 Å². The molecule has 0 aliphatic heterocycles. The predicted octanol–water partition coefficient (Wildman–Crippen LogP) is 5.10. The molecule has 1 radical (unpaired) electrons. The van der Waals surface area contributed by atoms with Crippen molar-refractivity contribution in [2.45, 2.75) is 107 Å². The molecule has 8 nitrogen and oxygen atoms in total. The van der Waals surface area contributed by atoms with Gasteiger partial charge in [-0.15, -0.1) is 0 Å². The molecule has 2 rings (SSSR count). The van der Waals surface area contributed by atoms with Crippen molar-refractivity contribution < 1.29 is 25.9 Å². The molecule has 1 unspecified atom stereocenters. The standard InChI is InChI=1S/C23H38N2O6S2.K/c1-3-4-5-6-7-8-9-10-11-12-13-22-24-21-17-20(33(29,30)31)16-19(23(21)25-22)15-14-18(2)32(26,27)28;/h16-18H,3-15H2,1-2H3,(H,24,25)(H,26,27,28)(H,29,30,31);. The number of nitrogens with one attached hydrogen (secondary N) is 1. The van der Waals surface area contributed by atoms with Gasteiger partial charge in [0, 0.05) is 57.8 Å². The molecule has 0 saturated carbocycles. The van der Waals surface area contributed by atoms with Crippen molar-refractivity contribution in [2.24, 2.45) is 0 Å². The number of fused-ring (bicyclic) bond motifs is 1. The summed E-state index contributed by atoms with van der Waals surface area (Å²) in [5.74, 6) is 0.737. The summed E-state index contributed by atoms with van der Waals surface area (Å²) in [5, 5.41) is -0.994. The Balaban J connectivity index is 0.00000578. The van der Waals surface area contributed by atoms with E-state index < -0.39 is 25.5 Å². The van der Waals surface area contributed by atoms with Crippen molar-refractivity contribution in [2.75, 3.05) is 0 Å². The first kappa shape index (κ1) is 32.2. The Kier molecular flexibility index (Phi) is 14.6. The Labute approximate surface area is 247 Å². The SMILES string of the molecule is CCCCCCCCCCCCc1nc2c(CCC(C)S(=O)(=O)O)cc(S(=O)(=O)O)cc2[nH]1.[K]. The van der Waals surface area contributed by atoms with Crippen molar-refractivity contribution in [1.29, 1.82) is 0 Å². The predicted molar refractivity (Wildman–Crippen MR) is 137 cm³/mol. The van der Waals surface area contributed by atoms with Gasteiger partial charge >= 0.3 is 0 Å². The monoisotopic (exact) mass is 541 g/mol. The van der Waals surface area contributed by atoms with Gasteiger partial charge in [-0.05, 0) is 43.9 Å². The van der Waals surface area contributed by atoms with Gasteiger partial charge in [-0.25, -0.2) is 4.98 Å². The smallest absolute Gasteiger partial charge is 0.294 e. The number of aromatic amines is 1. The maximum atomic E-state index is 11.7. The van der Waals surface area contributed by atoms with Gasteiger partial charge in [-0.3, -0.25) is 9.11 Å². The number of aryl methyl sites for hydroxylation is 2. The van der Waals surface area contributed by atoms with Gasteiger partial charge in [0.15, 0.2) is 0 Å². The summed E-state index contributed by atoms with van der Waals surface area (Å²) in [6, 6.07) is 2.66. The van der Waals surface area contributed by atoms with Crippen molar-refractivity contribution in [3.05, 3.63) is 23.5 Å². The second-order valence-electron chi connectivity index (χ2n) is 8.93. The van der Waals surface area contributed by atoms with E-state index in [1.54, 1.807) is 0 Å². The van der Waals surface area contributed by atoms with Crippen molar-refractivity contribution in [3.8, 4) is 0 Å². The maximum absolute atomic E-state index is 11.7. The van der Waals surface area contributed by atoms with Gasteiger partial charge in [0.05, 0.1) is 21.2 Å². The third-order valence-electron chi connectivity index (χ3n) is 6.08. The largest absolute Gasteiger partial charge is 0.342 e. The molecule has 0 spiro atoms. The number of nitrogens with zero attached hydrogens (tertiary/aromatic N) is 1. The number of aromatic nitrogens is 2. The number of H-pyrrole nitrogens is 1. The summed E-state index contributed by atoms with van der Waals surface area (Å²) in [7, 11) is -8.61. The summed E-state index contributed by atoms with van der Waals surface area (Å²) in [6.07, 6.45) is 13.3. The zero-order valence-electron chi connectivity index (χ0n) is 20.7. The zero-order valence-corrected chi connectivity index (χ0v) is 25.5. The summed E-state index contributed by atoms with van der Waals surface area (Å²) >= 11 is 0. The fraction of sp³-hybridized carbons (Fsp3) is 0.696. The Morgan fingerprint density at radius 3 is 1.97 bits per heavy atom. The van der Waals surface area contributed by atoms with E-state index in [-0.39, 0.29) is 69.1 Å². The first-order valence-corrected chi connectivity index (χ1v) is 14.9. The molecule has 0 bridgehead atoms. The number of imidazole rings is 1. The fourth-order valence-corrected chi connectivity index (χ4v) is 4.93. The van der Waals surface area contributed by atoms with E-state index in [1.165, 1.54) is 70.4 Å². The number of hydrogen-bond donors (Lipinski definition) is 3. The molecule has 0 saturated heterocycles. The van der Waals surface area contributed by atoms with Crippen LogP contribution in [0.5, 0.6) is 0 Å². The van der Waals surface area contributed by atoms with E-state index in [1.807, 2.05) is 0 Å². The van der Waals surface area contributed by atoms with Crippen molar-refractivity contribution >= 4 is 82.7 Å². The molecule has 0 fully saturated rings.